The lowest BCUT2D eigenvalue weighted by atomic mass is 9.99. The maximum Gasteiger partial charge on any atom is 0.125 e. The van der Waals surface area contributed by atoms with Crippen LogP contribution in [0.25, 0.3) is 0 Å². The van der Waals surface area contributed by atoms with Crippen LogP contribution in [0, 0.1) is 0 Å². The number of aliphatic hydroxyl groups is 1. The Bertz CT molecular complexity index is 509. The highest BCUT2D eigenvalue weighted by molar-refractivity contribution is 9.10. The van der Waals surface area contributed by atoms with Crippen molar-refractivity contribution in [1.82, 2.24) is 0 Å². The first kappa shape index (κ1) is 16.0. The standard InChI is InChI=1S/C16H21BrO2S2/c1-2-14-16(21-6-5-20-14)13(18)9-11-8-12(17)7-10-3-4-19-15(10)11/h7-8,13-14,16,18H,2-6,9H2,1H3. The number of halogens is 1. The summed E-state index contributed by atoms with van der Waals surface area (Å²) >= 11 is 7.54. The molecule has 0 radical (unpaired) electrons. The molecule has 3 atom stereocenters. The molecule has 0 spiro atoms. The Morgan fingerprint density at radius 2 is 2.19 bits per heavy atom. The van der Waals surface area contributed by atoms with E-state index in [1.165, 1.54) is 11.3 Å². The van der Waals surface area contributed by atoms with Crippen LogP contribution in [0.15, 0.2) is 16.6 Å². The highest BCUT2D eigenvalue weighted by Crippen LogP contribution is 2.38. The Labute approximate surface area is 143 Å². The van der Waals surface area contributed by atoms with Gasteiger partial charge in [-0.2, -0.15) is 23.5 Å². The molecule has 1 fully saturated rings. The molecule has 0 saturated carbocycles. The molecular weight excluding hydrogens is 368 g/mol. The molecule has 21 heavy (non-hydrogen) atoms. The van der Waals surface area contributed by atoms with Gasteiger partial charge >= 0.3 is 0 Å². The molecule has 5 heteroatoms. The third-order valence-electron chi connectivity index (χ3n) is 4.13. The van der Waals surface area contributed by atoms with E-state index >= 15 is 0 Å². The average Bonchev–Trinajstić information content (AvgIpc) is 2.95. The van der Waals surface area contributed by atoms with Crippen LogP contribution < -0.4 is 4.74 Å². The van der Waals surface area contributed by atoms with Gasteiger partial charge in [0.1, 0.15) is 5.75 Å². The van der Waals surface area contributed by atoms with Crippen LogP contribution in [-0.4, -0.2) is 39.8 Å². The van der Waals surface area contributed by atoms with Crippen LogP contribution >= 0.6 is 39.5 Å². The Morgan fingerprint density at radius 3 is 3.00 bits per heavy atom. The molecule has 0 bridgehead atoms. The summed E-state index contributed by atoms with van der Waals surface area (Å²) in [5.41, 5.74) is 2.42. The van der Waals surface area contributed by atoms with E-state index in [1.54, 1.807) is 0 Å². The number of fused-ring (bicyclic) bond motifs is 1. The van der Waals surface area contributed by atoms with E-state index in [0.717, 1.165) is 41.0 Å². The highest BCUT2D eigenvalue weighted by Gasteiger charge is 2.32. The van der Waals surface area contributed by atoms with Crippen molar-refractivity contribution in [2.45, 2.75) is 42.8 Å². The number of thioether (sulfide) groups is 2. The van der Waals surface area contributed by atoms with Crippen LogP contribution in [0.5, 0.6) is 5.75 Å². The highest BCUT2D eigenvalue weighted by atomic mass is 79.9. The van der Waals surface area contributed by atoms with Crippen LogP contribution in [0.2, 0.25) is 0 Å². The number of hydrogen-bond donors (Lipinski definition) is 1. The average molecular weight is 389 g/mol. The van der Waals surface area contributed by atoms with Crippen molar-refractivity contribution < 1.29 is 9.84 Å². The third-order valence-corrected chi connectivity index (χ3v) is 7.98. The van der Waals surface area contributed by atoms with Crippen molar-refractivity contribution in [3.63, 3.8) is 0 Å². The van der Waals surface area contributed by atoms with Gasteiger partial charge in [0.2, 0.25) is 0 Å². The third kappa shape index (κ3) is 3.57. The quantitative estimate of drug-likeness (QED) is 0.846. The molecule has 1 saturated heterocycles. The Hall–Kier alpha value is 0.160. The molecule has 0 amide bonds. The van der Waals surface area contributed by atoms with Gasteiger partial charge in [-0.3, -0.25) is 0 Å². The van der Waals surface area contributed by atoms with E-state index in [9.17, 15) is 5.11 Å². The second-order valence-corrected chi connectivity index (χ2v) is 9.12. The topological polar surface area (TPSA) is 29.5 Å². The Balaban J connectivity index is 1.77. The molecule has 2 nitrogen and oxygen atoms in total. The first-order valence-corrected chi connectivity index (χ1v) is 10.4. The van der Waals surface area contributed by atoms with E-state index in [4.69, 9.17) is 4.74 Å². The summed E-state index contributed by atoms with van der Waals surface area (Å²) < 4.78 is 6.87. The SMILES string of the molecule is CCC1SCCSC1C(O)Cc1cc(Br)cc2c1OCC2. The van der Waals surface area contributed by atoms with Gasteiger partial charge in [0, 0.05) is 39.3 Å². The molecule has 2 aliphatic heterocycles. The largest absolute Gasteiger partial charge is 0.493 e. The molecular formula is C16H21BrO2S2. The maximum absolute atomic E-state index is 10.7. The van der Waals surface area contributed by atoms with E-state index in [2.05, 4.69) is 35.0 Å². The van der Waals surface area contributed by atoms with Crippen LogP contribution in [0.3, 0.4) is 0 Å². The fourth-order valence-corrected chi connectivity index (χ4v) is 6.83. The monoisotopic (exact) mass is 388 g/mol. The molecule has 3 unspecified atom stereocenters. The fourth-order valence-electron chi connectivity index (χ4n) is 3.13. The van der Waals surface area contributed by atoms with Crippen molar-refractivity contribution in [2.24, 2.45) is 0 Å². The second kappa shape index (κ2) is 7.16. The Morgan fingerprint density at radius 1 is 1.38 bits per heavy atom. The summed E-state index contributed by atoms with van der Waals surface area (Å²) in [7, 11) is 0. The molecule has 0 aromatic heterocycles. The van der Waals surface area contributed by atoms with Gasteiger partial charge in [-0.25, -0.2) is 0 Å². The summed E-state index contributed by atoms with van der Waals surface area (Å²) in [6, 6.07) is 4.24. The van der Waals surface area contributed by atoms with E-state index < -0.39 is 0 Å². The zero-order valence-electron chi connectivity index (χ0n) is 12.2. The van der Waals surface area contributed by atoms with Gasteiger partial charge in [-0.1, -0.05) is 22.9 Å². The van der Waals surface area contributed by atoms with Crippen molar-refractivity contribution >= 4 is 39.5 Å². The molecule has 0 aliphatic carbocycles. The number of hydrogen-bond acceptors (Lipinski definition) is 4. The molecule has 1 aromatic rings. The minimum Gasteiger partial charge on any atom is -0.493 e. The van der Waals surface area contributed by atoms with E-state index in [0.29, 0.717) is 16.9 Å². The predicted octanol–water partition coefficient (Wildman–Crippen LogP) is 3.91. The summed E-state index contributed by atoms with van der Waals surface area (Å²) in [4.78, 5) is 0. The molecule has 116 valence electrons. The van der Waals surface area contributed by atoms with Gasteiger partial charge in [0.15, 0.2) is 0 Å². The summed E-state index contributed by atoms with van der Waals surface area (Å²) in [5, 5.41) is 11.7. The minimum absolute atomic E-state index is 0.296. The van der Waals surface area contributed by atoms with Crippen LogP contribution in [0.4, 0.5) is 0 Å². The predicted molar refractivity (Wildman–Crippen MR) is 95.8 cm³/mol. The van der Waals surface area contributed by atoms with Crippen molar-refractivity contribution in [3.05, 3.63) is 27.7 Å². The van der Waals surface area contributed by atoms with Crippen LogP contribution in [-0.2, 0) is 12.8 Å². The zero-order chi connectivity index (χ0) is 14.8. The van der Waals surface area contributed by atoms with Gasteiger partial charge in [0.05, 0.1) is 12.7 Å². The number of rotatable bonds is 4. The molecule has 1 N–H and O–H groups in total. The number of ether oxygens (including phenoxy) is 1. The zero-order valence-corrected chi connectivity index (χ0v) is 15.4. The summed E-state index contributed by atoms with van der Waals surface area (Å²) in [6.45, 7) is 2.99. The van der Waals surface area contributed by atoms with Gasteiger partial charge in [-0.05, 0) is 29.7 Å². The molecule has 1 aromatic carbocycles. The Kier molecular flexibility index (Phi) is 5.46. The fraction of sp³-hybridized carbons (Fsp3) is 0.625. The lowest BCUT2D eigenvalue weighted by Gasteiger charge is -2.33. The second-order valence-electron chi connectivity index (χ2n) is 5.58. The van der Waals surface area contributed by atoms with Gasteiger partial charge < -0.3 is 9.84 Å². The van der Waals surface area contributed by atoms with Crippen molar-refractivity contribution in [3.8, 4) is 5.75 Å². The minimum atomic E-state index is -0.296. The first-order chi connectivity index (χ1) is 10.2. The first-order valence-electron chi connectivity index (χ1n) is 7.54. The number of aliphatic hydroxyl groups excluding tert-OH is 1. The molecule has 2 heterocycles. The lowest BCUT2D eigenvalue weighted by molar-refractivity contribution is 0.168. The smallest absolute Gasteiger partial charge is 0.125 e. The van der Waals surface area contributed by atoms with E-state index in [-0.39, 0.29) is 6.10 Å². The number of benzene rings is 1. The van der Waals surface area contributed by atoms with Crippen molar-refractivity contribution in [1.29, 1.82) is 0 Å². The van der Waals surface area contributed by atoms with Gasteiger partial charge in [0.25, 0.3) is 0 Å². The summed E-state index contributed by atoms with van der Waals surface area (Å²) in [6.07, 6.45) is 2.50. The normalized spacial score (nSPS) is 26.2. The summed E-state index contributed by atoms with van der Waals surface area (Å²) in [5.74, 6) is 3.37. The molecule has 2 aliphatic rings. The molecule has 3 rings (SSSR count). The van der Waals surface area contributed by atoms with Crippen molar-refractivity contribution in [2.75, 3.05) is 18.1 Å². The maximum atomic E-state index is 10.7. The van der Waals surface area contributed by atoms with E-state index in [1.807, 2.05) is 23.5 Å². The van der Waals surface area contributed by atoms with Gasteiger partial charge in [-0.15, -0.1) is 0 Å². The van der Waals surface area contributed by atoms with Crippen LogP contribution in [0.1, 0.15) is 24.5 Å². The lowest BCUT2D eigenvalue weighted by Crippen LogP contribution is -2.37.